The van der Waals surface area contributed by atoms with Crippen molar-refractivity contribution in [3.8, 4) is 0 Å². The molecule has 0 fully saturated rings. The van der Waals surface area contributed by atoms with Crippen LogP contribution in [0.25, 0.3) is 0 Å². The fraction of sp³-hybridized carbons (Fsp3) is 0.600. The molecule has 0 heterocycles. The molecule has 1 amide bonds. The predicted molar refractivity (Wildman–Crippen MR) is 53.7 cm³/mol. The fourth-order valence-electron chi connectivity index (χ4n) is 0.957. The van der Waals surface area contributed by atoms with Crippen molar-refractivity contribution < 1.29 is 14.3 Å². The molecule has 0 radical (unpaired) electrons. The SMILES string of the molecule is C=C(COC(C)=O)C(=O)N(C)CCC. The van der Waals surface area contributed by atoms with Crippen LogP contribution in [0.2, 0.25) is 0 Å². The second kappa shape index (κ2) is 6.18. The first-order valence-corrected chi connectivity index (χ1v) is 4.55. The van der Waals surface area contributed by atoms with E-state index in [9.17, 15) is 9.59 Å². The lowest BCUT2D eigenvalue weighted by atomic mass is 10.3. The lowest BCUT2D eigenvalue weighted by Gasteiger charge is -2.17. The summed E-state index contributed by atoms with van der Waals surface area (Å²) in [5.41, 5.74) is 0.302. The van der Waals surface area contributed by atoms with Crippen molar-refractivity contribution in [2.24, 2.45) is 0 Å². The number of likely N-dealkylation sites (N-methyl/N-ethyl adjacent to an activating group) is 1. The number of hydrogen-bond acceptors (Lipinski definition) is 3. The van der Waals surface area contributed by atoms with Gasteiger partial charge in [0.1, 0.15) is 6.61 Å². The number of ether oxygens (including phenoxy) is 1. The molecule has 0 aliphatic carbocycles. The Morgan fingerprint density at radius 1 is 1.43 bits per heavy atom. The molecule has 0 unspecified atom stereocenters. The topological polar surface area (TPSA) is 46.6 Å². The average molecular weight is 199 g/mol. The average Bonchev–Trinajstić information content (AvgIpc) is 2.13. The monoisotopic (exact) mass is 199 g/mol. The summed E-state index contributed by atoms with van der Waals surface area (Å²) in [6.07, 6.45) is 0.892. The number of carbonyl (C=O) groups excluding carboxylic acids is 2. The van der Waals surface area contributed by atoms with E-state index in [-0.39, 0.29) is 12.5 Å². The van der Waals surface area contributed by atoms with Crippen molar-refractivity contribution in [2.45, 2.75) is 20.3 Å². The van der Waals surface area contributed by atoms with Crippen molar-refractivity contribution in [2.75, 3.05) is 20.2 Å². The molecule has 0 bridgehead atoms. The van der Waals surface area contributed by atoms with E-state index in [0.717, 1.165) is 6.42 Å². The molecule has 80 valence electrons. The van der Waals surface area contributed by atoms with Gasteiger partial charge in [-0.15, -0.1) is 0 Å². The highest BCUT2D eigenvalue weighted by atomic mass is 16.5. The van der Waals surface area contributed by atoms with E-state index < -0.39 is 5.97 Å². The van der Waals surface area contributed by atoms with Gasteiger partial charge in [-0.1, -0.05) is 13.5 Å². The Hall–Kier alpha value is -1.32. The highest BCUT2D eigenvalue weighted by Gasteiger charge is 2.12. The smallest absolute Gasteiger partial charge is 0.302 e. The van der Waals surface area contributed by atoms with Crippen molar-refractivity contribution in [1.82, 2.24) is 4.90 Å². The third-order valence-corrected chi connectivity index (χ3v) is 1.66. The first-order valence-electron chi connectivity index (χ1n) is 4.55. The van der Waals surface area contributed by atoms with Crippen LogP contribution in [0.3, 0.4) is 0 Å². The molecule has 0 aromatic heterocycles. The summed E-state index contributed by atoms with van der Waals surface area (Å²) in [5, 5.41) is 0. The van der Waals surface area contributed by atoms with E-state index in [1.165, 1.54) is 6.92 Å². The second-order valence-electron chi connectivity index (χ2n) is 3.11. The molecule has 0 saturated carbocycles. The number of rotatable bonds is 5. The minimum Gasteiger partial charge on any atom is -0.461 e. The summed E-state index contributed by atoms with van der Waals surface area (Å²) in [6.45, 7) is 7.50. The van der Waals surface area contributed by atoms with Crippen LogP contribution in [-0.4, -0.2) is 37.0 Å². The second-order valence-corrected chi connectivity index (χ2v) is 3.11. The molecule has 4 nitrogen and oxygen atoms in total. The standard InChI is InChI=1S/C10H17NO3/c1-5-6-11(4)10(13)8(2)7-14-9(3)12/h2,5-7H2,1,3-4H3. The van der Waals surface area contributed by atoms with Crippen molar-refractivity contribution in [3.63, 3.8) is 0 Å². The lowest BCUT2D eigenvalue weighted by Crippen LogP contribution is -2.30. The van der Waals surface area contributed by atoms with Gasteiger partial charge in [-0.3, -0.25) is 9.59 Å². The molecule has 0 rings (SSSR count). The van der Waals surface area contributed by atoms with Crippen LogP contribution >= 0.6 is 0 Å². The first kappa shape index (κ1) is 12.7. The maximum absolute atomic E-state index is 11.5. The summed E-state index contributed by atoms with van der Waals surface area (Å²) in [4.78, 5) is 23.5. The molecule has 4 heteroatoms. The molecule has 0 saturated heterocycles. The number of amides is 1. The van der Waals surface area contributed by atoms with Crippen LogP contribution in [-0.2, 0) is 14.3 Å². The zero-order chi connectivity index (χ0) is 11.1. The molecule has 0 spiro atoms. The molecular weight excluding hydrogens is 182 g/mol. The summed E-state index contributed by atoms with van der Waals surface area (Å²) in [5.74, 6) is -0.579. The Kier molecular flexibility index (Phi) is 5.60. The van der Waals surface area contributed by atoms with Crippen molar-refractivity contribution >= 4 is 11.9 Å². The third-order valence-electron chi connectivity index (χ3n) is 1.66. The van der Waals surface area contributed by atoms with Gasteiger partial charge in [0.05, 0.1) is 0 Å². The van der Waals surface area contributed by atoms with Gasteiger partial charge >= 0.3 is 5.97 Å². The highest BCUT2D eigenvalue weighted by molar-refractivity contribution is 5.93. The first-order chi connectivity index (χ1) is 6.49. The van der Waals surface area contributed by atoms with Gasteiger partial charge in [0.2, 0.25) is 0 Å². The quantitative estimate of drug-likeness (QED) is 0.489. The number of esters is 1. The number of hydrogen-bond donors (Lipinski definition) is 0. The van der Waals surface area contributed by atoms with Crippen LogP contribution in [0.1, 0.15) is 20.3 Å². The molecular formula is C10H17NO3. The van der Waals surface area contributed by atoms with E-state index >= 15 is 0 Å². The minimum atomic E-state index is -0.405. The molecule has 0 atom stereocenters. The molecule has 0 N–H and O–H groups in total. The zero-order valence-electron chi connectivity index (χ0n) is 9.00. The van der Waals surface area contributed by atoms with E-state index in [4.69, 9.17) is 0 Å². The zero-order valence-corrected chi connectivity index (χ0v) is 9.00. The highest BCUT2D eigenvalue weighted by Crippen LogP contribution is 1.99. The third kappa shape index (κ3) is 4.64. The van der Waals surface area contributed by atoms with Gasteiger partial charge in [0.15, 0.2) is 0 Å². The predicted octanol–water partition coefficient (Wildman–Crippen LogP) is 0.974. The Bertz CT molecular complexity index is 236. The number of nitrogens with zero attached hydrogens (tertiary/aromatic N) is 1. The minimum absolute atomic E-state index is 0.0256. The maximum atomic E-state index is 11.5. The van der Waals surface area contributed by atoms with Crippen LogP contribution in [0.15, 0.2) is 12.2 Å². The molecule has 0 aromatic rings. The Morgan fingerprint density at radius 3 is 2.43 bits per heavy atom. The largest absolute Gasteiger partial charge is 0.461 e. The Morgan fingerprint density at radius 2 is 2.00 bits per heavy atom. The maximum Gasteiger partial charge on any atom is 0.302 e. The van der Waals surface area contributed by atoms with Crippen LogP contribution in [0, 0.1) is 0 Å². The molecule has 0 aromatic carbocycles. The van der Waals surface area contributed by atoms with Crippen LogP contribution < -0.4 is 0 Å². The van der Waals surface area contributed by atoms with Gasteiger partial charge < -0.3 is 9.64 Å². The fourth-order valence-corrected chi connectivity index (χ4v) is 0.957. The normalized spacial score (nSPS) is 9.36. The van der Waals surface area contributed by atoms with Crippen molar-refractivity contribution in [1.29, 1.82) is 0 Å². The molecule has 0 aliphatic rings. The van der Waals surface area contributed by atoms with Gasteiger partial charge in [0, 0.05) is 26.1 Å². The summed E-state index contributed by atoms with van der Waals surface area (Å²) >= 11 is 0. The summed E-state index contributed by atoms with van der Waals surface area (Å²) in [6, 6.07) is 0. The summed E-state index contributed by atoms with van der Waals surface area (Å²) < 4.78 is 4.67. The molecule has 0 aliphatic heterocycles. The van der Waals surface area contributed by atoms with Crippen molar-refractivity contribution in [3.05, 3.63) is 12.2 Å². The van der Waals surface area contributed by atoms with E-state index in [2.05, 4.69) is 11.3 Å². The Labute approximate surface area is 84.5 Å². The lowest BCUT2D eigenvalue weighted by molar-refractivity contribution is -0.140. The van der Waals surface area contributed by atoms with Gasteiger partial charge in [-0.25, -0.2) is 0 Å². The Balaban J connectivity index is 3.99. The van der Waals surface area contributed by atoms with Gasteiger partial charge in [-0.05, 0) is 6.42 Å². The van der Waals surface area contributed by atoms with Crippen LogP contribution in [0.4, 0.5) is 0 Å². The van der Waals surface area contributed by atoms with Gasteiger partial charge in [-0.2, -0.15) is 0 Å². The number of carbonyl (C=O) groups is 2. The summed E-state index contributed by atoms with van der Waals surface area (Å²) in [7, 11) is 1.70. The van der Waals surface area contributed by atoms with Gasteiger partial charge in [0.25, 0.3) is 5.91 Å². The van der Waals surface area contributed by atoms with E-state index in [0.29, 0.717) is 12.1 Å². The van der Waals surface area contributed by atoms with E-state index in [1.54, 1.807) is 11.9 Å². The molecule has 14 heavy (non-hydrogen) atoms. The van der Waals surface area contributed by atoms with E-state index in [1.807, 2.05) is 6.92 Å². The van der Waals surface area contributed by atoms with Crippen LogP contribution in [0.5, 0.6) is 0 Å².